The number of aromatic nitrogens is 1. The van der Waals surface area contributed by atoms with E-state index in [4.69, 9.17) is 0 Å². The third-order valence-corrected chi connectivity index (χ3v) is 2.37. The highest BCUT2D eigenvalue weighted by Crippen LogP contribution is 2.03. The Morgan fingerprint density at radius 1 is 1.46 bits per heavy atom. The topological polar surface area (TPSA) is 22.0 Å². The van der Waals surface area contributed by atoms with E-state index in [1.54, 1.807) is 10.6 Å². The summed E-state index contributed by atoms with van der Waals surface area (Å²) in [7, 11) is 0. The Morgan fingerprint density at radius 3 is 2.77 bits per heavy atom. The van der Waals surface area contributed by atoms with Crippen LogP contribution in [-0.4, -0.2) is 4.57 Å². The van der Waals surface area contributed by atoms with Gasteiger partial charge in [0, 0.05) is 12.2 Å². The fraction of sp³-hybridized carbons (Fsp3) is 0.545. The summed E-state index contributed by atoms with van der Waals surface area (Å²) in [6, 6.07) is 4.49. The molecule has 0 fully saturated rings. The van der Waals surface area contributed by atoms with Gasteiger partial charge in [0.05, 0.1) is 6.07 Å². The second-order valence-corrected chi connectivity index (χ2v) is 3.37. The van der Waals surface area contributed by atoms with Crippen molar-refractivity contribution in [3.05, 3.63) is 33.7 Å². The molecule has 0 aliphatic carbocycles. The minimum absolute atomic E-state index is 0.00319. The predicted octanol–water partition coefficient (Wildman–Crippen LogP) is 2.07. The molecule has 1 radical (unpaired) electrons. The molecule has 1 aromatic heterocycles. The molecule has 71 valence electrons. The number of aryl methyl sites for hydroxylation is 1. The van der Waals surface area contributed by atoms with Gasteiger partial charge in [-0.2, -0.15) is 0 Å². The first-order chi connectivity index (χ1) is 6.16. The monoisotopic (exact) mass is 178 g/mol. The van der Waals surface area contributed by atoms with E-state index in [1.807, 2.05) is 13.8 Å². The fourth-order valence-electron chi connectivity index (χ4n) is 1.30. The summed E-state index contributed by atoms with van der Waals surface area (Å²) in [5.41, 5.74) is 2.20. The number of hydrogen-bond acceptors (Lipinski definition) is 1. The van der Waals surface area contributed by atoms with Gasteiger partial charge < -0.3 is 4.57 Å². The van der Waals surface area contributed by atoms with Crippen LogP contribution in [0.15, 0.2) is 10.9 Å². The molecule has 0 aliphatic rings. The minimum atomic E-state index is -0.00319. The molecule has 0 unspecified atom stereocenters. The van der Waals surface area contributed by atoms with Crippen LogP contribution in [0.25, 0.3) is 0 Å². The van der Waals surface area contributed by atoms with E-state index < -0.39 is 0 Å². The van der Waals surface area contributed by atoms with Crippen molar-refractivity contribution in [2.24, 2.45) is 0 Å². The van der Waals surface area contributed by atoms with Gasteiger partial charge in [-0.25, -0.2) is 0 Å². The van der Waals surface area contributed by atoms with E-state index in [1.165, 1.54) is 0 Å². The molecular formula is C11H16NO. The van der Waals surface area contributed by atoms with Crippen LogP contribution >= 0.6 is 0 Å². The molecule has 0 saturated heterocycles. The van der Waals surface area contributed by atoms with Gasteiger partial charge in [-0.3, -0.25) is 4.79 Å². The van der Waals surface area contributed by atoms with Gasteiger partial charge in [0.15, 0.2) is 0 Å². The van der Waals surface area contributed by atoms with Crippen LogP contribution in [0, 0.1) is 19.9 Å². The van der Waals surface area contributed by atoms with Crippen molar-refractivity contribution in [2.75, 3.05) is 0 Å². The van der Waals surface area contributed by atoms with Crippen LogP contribution < -0.4 is 5.56 Å². The highest BCUT2D eigenvalue weighted by atomic mass is 16.1. The lowest BCUT2D eigenvalue weighted by Crippen LogP contribution is -2.22. The number of nitrogens with zero attached hydrogens (tertiary/aromatic N) is 1. The van der Waals surface area contributed by atoms with E-state index in [2.05, 4.69) is 13.0 Å². The zero-order valence-electron chi connectivity index (χ0n) is 8.55. The number of rotatable bonds is 3. The quantitative estimate of drug-likeness (QED) is 0.694. The lowest BCUT2D eigenvalue weighted by molar-refractivity contribution is 0.595. The molecule has 2 heteroatoms. The smallest absolute Gasteiger partial charge is 0.258 e. The standard InChI is InChI=1S/C11H16NO/c1-4-5-8-12-10(3)9(2)6-7-11(12)13/h6H,4-5,8H2,1-3H3. The van der Waals surface area contributed by atoms with Crippen molar-refractivity contribution in [2.45, 2.75) is 40.2 Å². The average molecular weight is 178 g/mol. The van der Waals surface area contributed by atoms with Crippen LogP contribution in [0.5, 0.6) is 0 Å². The zero-order chi connectivity index (χ0) is 9.84. The molecule has 0 atom stereocenters. The Balaban J connectivity index is 3.03. The molecule has 1 rings (SSSR count). The predicted molar refractivity (Wildman–Crippen MR) is 53.9 cm³/mol. The summed E-state index contributed by atoms with van der Waals surface area (Å²) < 4.78 is 1.80. The highest BCUT2D eigenvalue weighted by molar-refractivity contribution is 5.16. The van der Waals surface area contributed by atoms with Crippen LogP contribution in [0.4, 0.5) is 0 Å². The van der Waals surface area contributed by atoms with Gasteiger partial charge >= 0.3 is 0 Å². The second kappa shape index (κ2) is 4.26. The normalized spacial score (nSPS) is 10.4. The minimum Gasteiger partial charge on any atom is -0.312 e. The third-order valence-electron chi connectivity index (χ3n) is 2.37. The second-order valence-electron chi connectivity index (χ2n) is 3.37. The Morgan fingerprint density at radius 2 is 2.15 bits per heavy atom. The van der Waals surface area contributed by atoms with Crippen LogP contribution in [0.1, 0.15) is 31.0 Å². The Labute approximate surface area is 79.2 Å². The number of unbranched alkanes of at least 4 members (excludes halogenated alkanes) is 1. The average Bonchev–Trinajstić information content (AvgIpc) is 2.12. The number of hydrogen-bond donors (Lipinski definition) is 0. The van der Waals surface area contributed by atoms with Crippen molar-refractivity contribution in [3.8, 4) is 0 Å². The Hall–Kier alpha value is -1.05. The van der Waals surface area contributed by atoms with E-state index in [0.717, 1.165) is 30.6 Å². The van der Waals surface area contributed by atoms with Gasteiger partial charge in [-0.05, 0) is 31.9 Å². The maximum atomic E-state index is 11.4. The van der Waals surface area contributed by atoms with E-state index in [-0.39, 0.29) is 5.56 Å². The maximum Gasteiger partial charge on any atom is 0.258 e. The van der Waals surface area contributed by atoms with Gasteiger partial charge in [0.2, 0.25) is 0 Å². The van der Waals surface area contributed by atoms with Crippen molar-refractivity contribution >= 4 is 0 Å². The summed E-state index contributed by atoms with van der Waals surface area (Å²) in [6.07, 6.45) is 2.16. The highest BCUT2D eigenvalue weighted by Gasteiger charge is 2.01. The largest absolute Gasteiger partial charge is 0.312 e. The fourth-order valence-corrected chi connectivity index (χ4v) is 1.30. The molecule has 1 aromatic rings. The Bertz CT molecular complexity index is 338. The zero-order valence-corrected chi connectivity index (χ0v) is 8.55. The molecule has 0 bridgehead atoms. The molecule has 0 aromatic carbocycles. The lowest BCUT2D eigenvalue weighted by atomic mass is 10.2. The first-order valence-electron chi connectivity index (χ1n) is 4.75. The molecule has 0 saturated carbocycles. The molecule has 1 heterocycles. The molecule has 2 nitrogen and oxygen atoms in total. The van der Waals surface area contributed by atoms with Crippen LogP contribution in [0.2, 0.25) is 0 Å². The summed E-state index contributed by atoms with van der Waals surface area (Å²) in [6.45, 7) is 6.94. The summed E-state index contributed by atoms with van der Waals surface area (Å²) in [5, 5.41) is 0. The SMILES string of the molecule is CCCCn1c(C)c(C)c[c]c1=O. The first-order valence-corrected chi connectivity index (χ1v) is 4.75. The maximum absolute atomic E-state index is 11.4. The van der Waals surface area contributed by atoms with E-state index in [9.17, 15) is 4.79 Å². The summed E-state index contributed by atoms with van der Waals surface area (Å²) in [5.74, 6) is 0. The summed E-state index contributed by atoms with van der Waals surface area (Å²) >= 11 is 0. The first kappa shape index (κ1) is 10.0. The van der Waals surface area contributed by atoms with Crippen molar-refractivity contribution in [3.63, 3.8) is 0 Å². The van der Waals surface area contributed by atoms with Gasteiger partial charge in [-0.15, -0.1) is 0 Å². The number of pyridine rings is 1. The van der Waals surface area contributed by atoms with Gasteiger partial charge in [0.1, 0.15) is 0 Å². The third kappa shape index (κ3) is 2.20. The molecule has 0 aliphatic heterocycles. The van der Waals surface area contributed by atoms with Crippen LogP contribution in [-0.2, 0) is 6.54 Å². The van der Waals surface area contributed by atoms with E-state index >= 15 is 0 Å². The molecular weight excluding hydrogens is 162 g/mol. The molecule has 13 heavy (non-hydrogen) atoms. The molecule has 0 spiro atoms. The molecule has 0 amide bonds. The van der Waals surface area contributed by atoms with E-state index in [0.29, 0.717) is 0 Å². The summed E-state index contributed by atoms with van der Waals surface area (Å²) in [4.78, 5) is 11.4. The van der Waals surface area contributed by atoms with Gasteiger partial charge in [-0.1, -0.05) is 13.3 Å². The van der Waals surface area contributed by atoms with Crippen molar-refractivity contribution in [1.29, 1.82) is 0 Å². The molecule has 0 N–H and O–H groups in total. The van der Waals surface area contributed by atoms with Gasteiger partial charge in [0.25, 0.3) is 5.56 Å². The lowest BCUT2D eigenvalue weighted by Gasteiger charge is -2.10. The van der Waals surface area contributed by atoms with Crippen molar-refractivity contribution in [1.82, 2.24) is 4.57 Å². The van der Waals surface area contributed by atoms with Crippen molar-refractivity contribution < 1.29 is 0 Å². The van der Waals surface area contributed by atoms with Crippen LogP contribution in [0.3, 0.4) is 0 Å². The Kier molecular flexibility index (Phi) is 3.29.